The number of nitrogens with zero attached hydrogens (tertiary/aromatic N) is 3. The second-order valence-electron chi connectivity index (χ2n) is 6.52. The van der Waals surface area contributed by atoms with Crippen LogP contribution in [-0.4, -0.2) is 36.3 Å². The Morgan fingerprint density at radius 2 is 1.82 bits per heavy atom. The van der Waals surface area contributed by atoms with E-state index in [1.54, 1.807) is 12.0 Å². The summed E-state index contributed by atoms with van der Waals surface area (Å²) in [6.07, 6.45) is 0.345. The summed E-state index contributed by atoms with van der Waals surface area (Å²) in [5.41, 5.74) is 1.68. The van der Waals surface area contributed by atoms with Crippen LogP contribution in [0.4, 0.5) is 5.69 Å². The van der Waals surface area contributed by atoms with Crippen LogP contribution < -0.4 is 14.4 Å². The van der Waals surface area contributed by atoms with E-state index in [4.69, 9.17) is 14.0 Å². The van der Waals surface area contributed by atoms with Gasteiger partial charge in [-0.3, -0.25) is 4.79 Å². The van der Waals surface area contributed by atoms with Gasteiger partial charge in [-0.25, -0.2) is 0 Å². The van der Waals surface area contributed by atoms with Crippen molar-refractivity contribution < 1.29 is 18.8 Å². The first kappa shape index (κ1) is 18.0. The van der Waals surface area contributed by atoms with Crippen molar-refractivity contribution in [2.45, 2.75) is 19.3 Å². The SMILES string of the molecule is CCOc1ccc(N2C[C@H](c3nc(-c4ccc(OC)cc4)no3)CC2=O)cc1. The number of anilines is 1. The quantitative estimate of drug-likeness (QED) is 0.650. The van der Waals surface area contributed by atoms with Crippen molar-refractivity contribution >= 4 is 11.6 Å². The second kappa shape index (κ2) is 7.72. The highest BCUT2D eigenvalue weighted by Crippen LogP contribution is 2.32. The molecular formula is C21H21N3O4. The van der Waals surface area contributed by atoms with Crippen LogP contribution >= 0.6 is 0 Å². The maximum absolute atomic E-state index is 12.5. The van der Waals surface area contributed by atoms with Crippen molar-refractivity contribution in [1.29, 1.82) is 0 Å². The minimum atomic E-state index is -0.126. The zero-order chi connectivity index (χ0) is 19.5. The third kappa shape index (κ3) is 3.55. The highest BCUT2D eigenvalue weighted by molar-refractivity contribution is 5.96. The minimum absolute atomic E-state index is 0.0401. The number of aromatic nitrogens is 2. The summed E-state index contributed by atoms with van der Waals surface area (Å²) in [6.45, 7) is 3.06. The average molecular weight is 379 g/mol. The molecule has 0 aliphatic carbocycles. The van der Waals surface area contributed by atoms with Crippen molar-refractivity contribution in [2.24, 2.45) is 0 Å². The van der Waals surface area contributed by atoms with Crippen LogP contribution in [-0.2, 0) is 4.79 Å². The van der Waals surface area contributed by atoms with Crippen LogP contribution in [0.3, 0.4) is 0 Å². The Bertz CT molecular complexity index is 951. The summed E-state index contributed by atoms with van der Waals surface area (Å²) in [4.78, 5) is 18.8. The first-order valence-electron chi connectivity index (χ1n) is 9.19. The molecule has 0 radical (unpaired) electrons. The molecule has 4 rings (SSSR count). The van der Waals surface area contributed by atoms with Gasteiger partial charge in [-0.2, -0.15) is 4.98 Å². The van der Waals surface area contributed by atoms with Crippen molar-refractivity contribution in [3.63, 3.8) is 0 Å². The summed E-state index contributed by atoms with van der Waals surface area (Å²) in [7, 11) is 1.62. The first-order valence-corrected chi connectivity index (χ1v) is 9.19. The van der Waals surface area contributed by atoms with Gasteiger partial charge in [-0.05, 0) is 55.5 Å². The van der Waals surface area contributed by atoms with E-state index in [9.17, 15) is 4.79 Å². The lowest BCUT2D eigenvalue weighted by Crippen LogP contribution is -2.24. The van der Waals surface area contributed by atoms with Gasteiger partial charge >= 0.3 is 0 Å². The summed E-state index contributed by atoms with van der Waals surface area (Å²) in [5.74, 6) is 2.45. The second-order valence-corrected chi connectivity index (χ2v) is 6.52. The highest BCUT2D eigenvalue weighted by atomic mass is 16.5. The van der Waals surface area contributed by atoms with Gasteiger partial charge in [0.05, 0.1) is 19.6 Å². The summed E-state index contributed by atoms with van der Waals surface area (Å²) in [5, 5.41) is 4.07. The fraction of sp³-hybridized carbons (Fsp3) is 0.286. The predicted octanol–water partition coefficient (Wildman–Crippen LogP) is 3.66. The fourth-order valence-electron chi connectivity index (χ4n) is 3.27. The van der Waals surface area contributed by atoms with Gasteiger partial charge < -0.3 is 18.9 Å². The molecule has 1 amide bonds. The molecule has 0 spiro atoms. The van der Waals surface area contributed by atoms with Gasteiger partial charge in [0, 0.05) is 24.2 Å². The maximum atomic E-state index is 12.5. The number of rotatable bonds is 6. The number of carbonyl (C=O) groups excluding carboxylic acids is 1. The Morgan fingerprint density at radius 1 is 1.11 bits per heavy atom. The third-order valence-electron chi connectivity index (χ3n) is 4.72. The molecule has 1 aliphatic heterocycles. The van der Waals surface area contributed by atoms with Gasteiger partial charge in [-0.1, -0.05) is 5.16 Å². The first-order chi connectivity index (χ1) is 13.7. The highest BCUT2D eigenvalue weighted by Gasteiger charge is 2.35. The molecule has 1 saturated heterocycles. The number of amides is 1. The third-order valence-corrected chi connectivity index (χ3v) is 4.72. The molecular weight excluding hydrogens is 358 g/mol. The molecule has 2 heterocycles. The van der Waals surface area contributed by atoms with Crippen LogP contribution in [0.25, 0.3) is 11.4 Å². The molecule has 7 heteroatoms. The minimum Gasteiger partial charge on any atom is -0.497 e. The lowest BCUT2D eigenvalue weighted by Gasteiger charge is -2.16. The number of benzene rings is 2. The molecule has 0 unspecified atom stereocenters. The smallest absolute Gasteiger partial charge is 0.232 e. The maximum Gasteiger partial charge on any atom is 0.232 e. The number of ether oxygens (including phenoxy) is 2. The van der Waals surface area contributed by atoms with Crippen molar-refractivity contribution in [2.75, 3.05) is 25.2 Å². The van der Waals surface area contributed by atoms with E-state index in [-0.39, 0.29) is 11.8 Å². The van der Waals surface area contributed by atoms with Crippen molar-refractivity contribution in [1.82, 2.24) is 10.1 Å². The Labute approximate surface area is 162 Å². The fourth-order valence-corrected chi connectivity index (χ4v) is 3.27. The number of hydrogen-bond donors (Lipinski definition) is 0. The molecule has 0 bridgehead atoms. The zero-order valence-electron chi connectivity index (χ0n) is 15.8. The lowest BCUT2D eigenvalue weighted by molar-refractivity contribution is -0.117. The average Bonchev–Trinajstić information content (AvgIpc) is 3.36. The van der Waals surface area contributed by atoms with E-state index in [1.807, 2.05) is 55.5 Å². The molecule has 1 aromatic heterocycles. The van der Waals surface area contributed by atoms with Gasteiger partial charge in [0.15, 0.2) is 0 Å². The van der Waals surface area contributed by atoms with Gasteiger partial charge in [0.1, 0.15) is 11.5 Å². The number of carbonyl (C=O) groups is 1. The largest absolute Gasteiger partial charge is 0.497 e. The predicted molar refractivity (Wildman–Crippen MR) is 104 cm³/mol. The van der Waals surface area contributed by atoms with Crippen molar-refractivity contribution in [3.05, 3.63) is 54.4 Å². The summed E-state index contributed by atoms with van der Waals surface area (Å²) in [6, 6.07) is 15.0. The molecule has 144 valence electrons. The molecule has 1 atom stereocenters. The number of hydrogen-bond acceptors (Lipinski definition) is 6. The van der Waals surface area contributed by atoms with Crippen LogP contribution in [0.5, 0.6) is 11.5 Å². The van der Waals surface area contributed by atoms with Crippen LogP contribution in [0.15, 0.2) is 53.1 Å². The lowest BCUT2D eigenvalue weighted by atomic mass is 10.1. The Hall–Kier alpha value is -3.35. The van der Waals surface area contributed by atoms with E-state index < -0.39 is 0 Å². The van der Waals surface area contributed by atoms with Gasteiger partial charge in [-0.15, -0.1) is 0 Å². The molecule has 0 saturated carbocycles. The van der Waals surface area contributed by atoms with E-state index in [1.165, 1.54) is 0 Å². The van der Waals surface area contributed by atoms with Gasteiger partial charge in [0.2, 0.25) is 17.6 Å². The molecule has 1 fully saturated rings. The van der Waals surface area contributed by atoms with E-state index in [0.717, 1.165) is 22.7 Å². The summed E-state index contributed by atoms with van der Waals surface area (Å²) >= 11 is 0. The molecule has 7 nitrogen and oxygen atoms in total. The Kier molecular flexibility index (Phi) is 4.97. The topological polar surface area (TPSA) is 77.7 Å². The Balaban J connectivity index is 1.48. The monoisotopic (exact) mass is 379 g/mol. The van der Waals surface area contributed by atoms with Crippen LogP contribution in [0.2, 0.25) is 0 Å². The molecule has 0 N–H and O–H groups in total. The zero-order valence-corrected chi connectivity index (χ0v) is 15.8. The normalized spacial score (nSPS) is 16.4. The van der Waals surface area contributed by atoms with E-state index in [0.29, 0.717) is 31.3 Å². The van der Waals surface area contributed by atoms with Crippen LogP contribution in [0, 0.1) is 0 Å². The molecule has 3 aromatic rings. The summed E-state index contributed by atoms with van der Waals surface area (Å²) < 4.78 is 16.1. The number of methoxy groups -OCH3 is 1. The van der Waals surface area contributed by atoms with Crippen LogP contribution in [0.1, 0.15) is 25.2 Å². The molecule has 28 heavy (non-hydrogen) atoms. The Morgan fingerprint density at radius 3 is 2.50 bits per heavy atom. The van der Waals surface area contributed by atoms with E-state index in [2.05, 4.69) is 10.1 Å². The van der Waals surface area contributed by atoms with Crippen molar-refractivity contribution in [3.8, 4) is 22.9 Å². The molecule has 2 aromatic carbocycles. The van der Waals surface area contributed by atoms with E-state index >= 15 is 0 Å². The van der Waals surface area contributed by atoms with Gasteiger partial charge in [0.25, 0.3) is 0 Å². The standard InChI is InChI=1S/C21H21N3O4/c1-3-27-18-10-6-16(7-11-18)24-13-15(12-19(24)25)21-22-20(23-28-21)14-4-8-17(26-2)9-5-14/h4-11,15H,3,12-13H2,1-2H3/t15-/m1/s1. The molecule has 1 aliphatic rings.